The topological polar surface area (TPSA) is 57.5 Å². The van der Waals surface area contributed by atoms with Gasteiger partial charge in [-0.25, -0.2) is 4.79 Å². The highest BCUT2D eigenvalue weighted by molar-refractivity contribution is 5.86. The van der Waals surface area contributed by atoms with E-state index in [4.69, 9.17) is 0 Å². The first kappa shape index (κ1) is 18.5. The summed E-state index contributed by atoms with van der Waals surface area (Å²) in [5, 5.41) is 19.2. The molecule has 3 saturated carbocycles. The summed E-state index contributed by atoms with van der Waals surface area (Å²) < 4.78 is 0. The minimum Gasteiger partial charge on any atom is -0.478 e. The van der Waals surface area contributed by atoms with Gasteiger partial charge in [0.05, 0.1) is 0 Å². The molecule has 0 heterocycles. The minimum atomic E-state index is -0.706. The average Bonchev–Trinajstić information content (AvgIpc) is 2.97. The van der Waals surface area contributed by atoms with Crippen LogP contribution >= 0.6 is 0 Å². The summed E-state index contributed by atoms with van der Waals surface area (Å²) in [4.78, 5) is 11.4. The van der Waals surface area contributed by atoms with E-state index < -0.39 is 5.97 Å². The van der Waals surface area contributed by atoms with Crippen molar-refractivity contribution in [3.8, 4) is 0 Å². The Morgan fingerprint density at radius 2 is 1.85 bits per heavy atom. The number of carboxylic acid groups (broad SMARTS) is 1. The van der Waals surface area contributed by atoms with Gasteiger partial charge in [0.2, 0.25) is 0 Å². The summed E-state index contributed by atoms with van der Waals surface area (Å²) in [5.74, 6) is 3.23. The molecule has 2 N–H and O–H groups in total. The number of fused-ring (bicyclic) bond motifs is 5. The highest BCUT2D eigenvalue weighted by atomic mass is 16.4. The molecule has 0 aromatic rings. The van der Waals surface area contributed by atoms with Crippen molar-refractivity contribution in [3.05, 3.63) is 11.6 Å². The molecular weight excluding hydrogens is 324 g/mol. The van der Waals surface area contributed by atoms with Gasteiger partial charge in [0.25, 0.3) is 0 Å². The molecule has 0 aromatic heterocycles. The van der Waals surface area contributed by atoms with Gasteiger partial charge in [-0.1, -0.05) is 26.8 Å². The number of aliphatic hydroxyl groups excluding tert-OH is 1. The van der Waals surface area contributed by atoms with Crippen molar-refractivity contribution >= 4 is 5.97 Å². The zero-order chi connectivity index (χ0) is 18.7. The lowest BCUT2D eigenvalue weighted by molar-refractivity contribution is -0.134. The Labute approximate surface area is 158 Å². The van der Waals surface area contributed by atoms with Crippen molar-refractivity contribution in [1.29, 1.82) is 0 Å². The van der Waals surface area contributed by atoms with Crippen molar-refractivity contribution in [1.82, 2.24) is 0 Å². The molecule has 0 aromatic carbocycles. The molecular formula is C23H36O3. The van der Waals surface area contributed by atoms with E-state index >= 15 is 0 Å². The summed E-state index contributed by atoms with van der Waals surface area (Å²) in [6.45, 7) is 7.55. The number of carboxylic acids is 1. The predicted octanol–water partition coefficient (Wildman–Crippen LogP) is 4.89. The average molecular weight is 361 g/mol. The van der Waals surface area contributed by atoms with Crippen molar-refractivity contribution in [2.75, 3.05) is 6.61 Å². The highest BCUT2D eigenvalue weighted by Crippen LogP contribution is 2.67. The zero-order valence-corrected chi connectivity index (χ0v) is 16.7. The van der Waals surface area contributed by atoms with Crippen molar-refractivity contribution in [2.24, 2.45) is 46.3 Å². The molecule has 3 fully saturated rings. The predicted molar refractivity (Wildman–Crippen MR) is 103 cm³/mol. The van der Waals surface area contributed by atoms with Gasteiger partial charge in [-0.15, -0.1) is 0 Å². The summed E-state index contributed by atoms with van der Waals surface area (Å²) in [5.41, 5.74) is 1.36. The Bertz CT molecular complexity index is 611. The maximum Gasteiger partial charge on any atom is 0.331 e. The van der Waals surface area contributed by atoms with Gasteiger partial charge in [0.15, 0.2) is 0 Å². The molecule has 0 saturated heterocycles. The Balaban J connectivity index is 1.60. The van der Waals surface area contributed by atoms with Crippen molar-refractivity contribution in [2.45, 2.75) is 72.1 Å². The lowest BCUT2D eigenvalue weighted by atomic mass is 9.45. The SMILES string of the molecule is CC(CO)[C@@H]1CCC2C3CCC4C=C(C(=O)O)CC[C@]4(C)C3CC[C@@]21C. The van der Waals surface area contributed by atoms with Gasteiger partial charge < -0.3 is 10.2 Å². The number of aliphatic hydroxyl groups is 1. The third-order valence-corrected chi connectivity index (χ3v) is 9.60. The Morgan fingerprint density at radius 1 is 1.12 bits per heavy atom. The highest BCUT2D eigenvalue weighted by Gasteiger charge is 2.60. The fraction of sp³-hybridized carbons (Fsp3) is 0.870. The van der Waals surface area contributed by atoms with Crippen molar-refractivity contribution < 1.29 is 15.0 Å². The zero-order valence-electron chi connectivity index (χ0n) is 16.7. The first-order valence-electron chi connectivity index (χ1n) is 10.9. The molecule has 5 unspecified atom stereocenters. The Kier molecular flexibility index (Phi) is 4.53. The maximum absolute atomic E-state index is 11.4. The summed E-state index contributed by atoms with van der Waals surface area (Å²) >= 11 is 0. The molecule has 0 amide bonds. The van der Waals surface area contributed by atoms with E-state index in [0.717, 1.165) is 30.6 Å². The molecule has 0 radical (unpaired) electrons. The van der Waals surface area contributed by atoms with E-state index in [2.05, 4.69) is 26.8 Å². The van der Waals surface area contributed by atoms with E-state index in [1.807, 2.05) is 0 Å². The molecule has 8 atom stereocenters. The van der Waals surface area contributed by atoms with Crippen LogP contribution in [0.3, 0.4) is 0 Å². The van der Waals surface area contributed by atoms with E-state index in [0.29, 0.717) is 40.8 Å². The molecule has 0 spiro atoms. The smallest absolute Gasteiger partial charge is 0.331 e. The van der Waals surface area contributed by atoms with Crippen LogP contribution in [0.5, 0.6) is 0 Å². The van der Waals surface area contributed by atoms with E-state index in [-0.39, 0.29) is 0 Å². The number of hydrogen-bond acceptors (Lipinski definition) is 2. The molecule has 3 nitrogen and oxygen atoms in total. The lowest BCUT2D eigenvalue weighted by Crippen LogP contribution is -2.52. The van der Waals surface area contributed by atoms with Crippen LogP contribution in [-0.4, -0.2) is 22.8 Å². The third kappa shape index (κ3) is 2.52. The monoisotopic (exact) mass is 360 g/mol. The quantitative estimate of drug-likeness (QED) is 0.753. The molecule has 3 heteroatoms. The molecule has 146 valence electrons. The summed E-state index contributed by atoms with van der Waals surface area (Å²) in [6, 6.07) is 0. The normalized spacial score (nSPS) is 48.8. The first-order chi connectivity index (χ1) is 12.3. The molecule has 0 aliphatic heterocycles. The molecule has 4 aliphatic rings. The van der Waals surface area contributed by atoms with E-state index in [1.165, 1.54) is 38.5 Å². The first-order valence-corrected chi connectivity index (χ1v) is 10.9. The van der Waals surface area contributed by atoms with Gasteiger partial charge in [-0.3, -0.25) is 0 Å². The van der Waals surface area contributed by atoms with Crippen LogP contribution in [0.15, 0.2) is 11.6 Å². The number of aliphatic carboxylic acids is 1. The largest absolute Gasteiger partial charge is 0.478 e. The third-order valence-electron chi connectivity index (χ3n) is 9.60. The maximum atomic E-state index is 11.4. The number of rotatable bonds is 3. The van der Waals surface area contributed by atoms with Crippen LogP contribution in [0.4, 0.5) is 0 Å². The Morgan fingerprint density at radius 3 is 2.54 bits per heavy atom. The fourth-order valence-corrected chi connectivity index (χ4v) is 8.14. The van der Waals surface area contributed by atoms with Gasteiger partial charge in [-0.2, -0.15) is 0 Å². The minimum absolute atomic E-state index is 0.296. The van der Waals surface area contributed by atoms with Gasteiger partial charge >= 0.3 is 5.97 Å². The number of hydrogen-bond donors (Lipinski definition) is 2. The standard InChI is InChI=1S/C23H36O3/c1-14(13-24)18-6-7-19-17-5-4-16-12-15(21(25)26)8-10-22(16,2)20(17)9-11-23(18,19)3/h12,14,16-20,24H,4-11,13H2,1-3H3,(H,25,26)/t14?,16?,17?,18-,19?,20?,22-,23+/m0/s1. The molecule has 4 rings (SSSR count). The Hall–Kier alpha value is -0.830. The van der Waals surface area contributed by atoms with Gasteiger partial charge in [-0.05, 0) is 97.7 Å². The van der Waals surface area contributed by atoms with Crippen LogP contribution < -0.4 is 0 Å². The number of allylic oxidation sites excluding steroid dienone is 1. The van der Waals surface area contributed by atoms with Gasteiger partial charge in [0.1, 0.15) is 0 Å². The van der Waals surface area contributed by atoms with Crippen LogP contribution in [0.1, 0.15) is 72.1 Å². The summed E-state index contributed by atoms with van der Waals surface area (Å²) in [7, 11) is 0. The number of carbonyl (C=O) groups is 1. The molecule has 4 aliphatic carbocycles. The van der Waals surface area contributed by atoms with Gasteiger partial charge in [0, 0.05) is 12.2 Å². The summed E-state index contributed by atoms with van der Waals surface area (Å²) in [6.07, 6.45) is 11.6. The molecule has 26 heavy (non-hydrogen) atoms. The lowest BCUT2D eigenvalue weighted by Gasteiger charge is -2.60. The van der Waals surface area contributed by atoms with Crippen LogP contribution in [0, 0.1) is 46.3 Å². The van der Waals surface area contributed by atoms with Crippen LogP contribution in [0.25, 0.3) is 0 Å². The van der Waals surface area contributed by atoms with Crippen LogP contribution in [0.2, 0.25) is 0 Å². The van der Waals surface area contributed by atoms with Crippen LogP contribution in [-0.2, 0) is 4.79 Å². The van der Waals surface area contributed by atoms with E-state index in [1.54, 1.807) is 0 Å². The van der Waals surface area contributed by atoms with Crippen molar-refractivity contribution in [3.63, 3.8) is 0 Å². The fourth-order valence-electron chi connectivity index (χ4n) is 8.14. The van der Waals surface area contributed by atoms with E-state index in [9.17, 15) is 15.0 Å². The molecule has 0 bridgehead atoms. The second-order valence-electron chi connectivity index (χ2n) is 10.5. The second kappa shape index (κ2) is 6.36. The second-order valence-corrected chi connectivity index (χ2v) is 10.5.